The van der Waals surface area contributed by atoms with E-state index in [4.69, 9.17) is 0 Å². The number of piperidine rings is 1. The summed E-state index contributed by atoms with van der Waals surface area (Å²) in [5.41, 5.74) is 3.15. The molecular weight excluding hydrogens is 334 g/mol. The van der Waals surface area contributed by atoms with Crippen molar-refractivity contribution >= 4 is 17.3 Å². The Kier molecular flexibility index (Phi) is 6.88. The van der Waals surface area contributed by atoms with Gasteiger partial charge in [0.2, 0.25) is 5.91 Å². The highest BCUT2D eigenvalue weighted by molar-refractivity contribution is 5.91. The molecule has 0 saturated carbocycles. The molecule has 27 heavy (non-hydrogen) atoms. The van der Waals surface area contributed by atoms with Crippen LogP contribution in [0.4, 0.5) is 11.4 Å². The van der Waals surface area contributed by atoms with Crippen LogP contribution in [0.1, 0.15) is 44.7 Å². The maximum atomic E-state index is 12.4. The summed E-state index contributed by atoms with van der Waals surface area (Å²) in [6, 6.07) is 18.6. The van der Waals surface area contributed by atoms with E-state index in [1.807, 2.05) is 30.3 Å². The summed E-state index contributed by atoms with van der Waals surface area (Å²) < 4.78 is 0. The van der Waals surface area contributed by atoms with Gasteiger partial charge in [-0.1, -0.05) is 37.3 Å². The van der Waals surface area contributed by atoms with Crippen molar-refractivity contribution in [2.24, 2.45) is 11.8 Å². The van der Waals surface area contributed by atoms with Crippen LogP contribution in [0.3, 0.4) is 0 Å². The van der Waals surface area contributed by atoms with Gasteiger partial charge in [-0.05, 0) is 74.5 Å². The predicted octanol–water partition coefficient (Wildman–Crippen LogP) is 4.82. The van der Waals surface area contributed by atoms with Gasteiger partial charge in [0.1, 0.15) is 0 Å². The summed E-state index contributed by atoms with van der Waals surface area (Å²) in [6.45, 7) is 6.48. The minimum atomic E-state index is 0.103. The molecule has 0 radical (unpaired) electrons. The van der Waals surface area contributed by atoms with E-state index in [-0.39, 0.29) is 11.9 Å². The average Bonchev–Trinajstić information content (AvgIpc) is 2.70. The molecule has 1 aliphatic rings. The van der Waals surface area contributed by atoms with Crippen molar-refractivity contribution in [1.82, 2.24) is 5.32 Å². The number of amides is 1. The Morgan fingerprint density at radius 2 is 1.78 bits per heavy atom. The second-order valence-corrected chi connectivity index (χ2v) is 7.69. The zero-order valence-electron chi connectivity index (χ0n) is 16.4. The monoisotopic (exact) mass is 365 g/mol. The lowest BCUT2D eigenvalue weighted by atomic mass is 9.85. The van der Waals surface area contributed by atoms with Gasteiger partial charge in [-0.2, -0.15) is 0 Å². The van der Waals surface area contributed by atoms with Crippen molar-refractivity contribution in [2.45, 2.75) is 39.2 Å². The van der Waals surface area contributed by atoms with E-state index in [0.29, 0.717) is 18.3 Å². The van der Waals surface area contributed by atoms with Crippen molar-refractivity contribution in [3.8, 4) is 0 Å². The molecule has 0 spiro atoms. The van der Waals surface area contributed by atoms with E-state index in [1.54, 1.807) is 0 Å². The third-order valence-corrected chi connectivity index (χ3v) is 5.50. The van der Waals surface area contributed by atoms with Crippen molar-refractivity contribution < 1.29 is 4.79 Å². The van der Waals surface area contributed by atoms with Crippen LogP contribution in [0.2, 0.25) is 0 Å². The molecule has 1 fully saturated rings. The molecule has 4 heteroatoms. The first kappa shape index (κ1) is 19.4. The zero-order chi connectivity index (χ0) is 19.1. The van der Waals surface area contributed by atoms with Gasteiger partial charge in [0, 0.05) is 23.8 Å². The Morgan fingerprint density at radius 3 is 2.44 bits per heavy atom. The molecule has 0 aromatic heterocycles. The quantitative estimate of drug-likeness (QED) is 0.659. The van der Waals surface area contributed by atoms with Crippen LogP contribution < -0.4 is 16.0 Å². The summed E-state index contributed by atoms with van der Waals surface area (Å²) in [4.78, 5) is 12.4. The lowest BCUT2D eigenvalue weighted by Crippen LogP contribution is -2.34. The minimum absolute atomic E-state index is 0.103. The van der Waals surface area contributed by atoms with Gasteiger partial charge in [-0.25, -0.2) is 0 Å². The molecule has 1 saturated heterocycles. The molecule has 1 amide bonds. The van der Waals surface area contributed by atoms with Crippen molar-refractivity contribution in [2.75, 3.05) is 23.7 Å². The van der Waals surface area contributed by atoms with Crippen LogP contribution in [0.15, 0.2) is 54.6 Å². The highest BCUT2D eigenvalue weighted by Gasteiger charge is 2.22. The van der Waals surface area contributed by atoms with Crippen molar-refractivity contribution in [3.63, 3.8) is 0 Å². The molecule has 3 unspecified atom stereocenters. The number of hydrogen-bond donors (Lipinski definition) is 3. The van der Waals surface area contributed by atoms with Gasteiger partial charge in [-0.3, -0.25) is 4.79 Å². The number of anilines is 2. The largest absolute Gasteiger partial charge is 0.379 e. The Hall–Kier alpha value is -2.33. The zero-order valence-corrected chi connectivity index (χ0v) is 16.4. The number of carbonyl (C=O) groups is 1. The fourth-order valence-corrected chi connectivity index (χ4v) is 3.76. The second kappa shape index (κ2) is 9.56. The van der Waals surface area contributed by atoms with E-state index >= 15 is 0 Å². The third-order valence-electron chi connectivity index (χ3n) is 5.50. The van der Waals surface area contributed by atoms with Crippen LogP contribution in [0, 0.1) is 11.8 Å². The smallest absolute Gasteiger partial charge is 0.224 e. The number of benzene rings is 2. The Labute approximate surface area is 162 Å². The maximum absolute atomic E-state index is 12.4. The highest BCUT2D eigenvalue weighted by atomic mass is 16.1. The average molecular weight is 366 g/mol. The lowest BCUT2D eigenvalue weighted by Gasteiger charge is -2.28. The van der Waals surface area contributed by atoms with Gasteiger partial charge < -0.3 is 16.0 Å². The SMILES string of the molecule is CC(Nc1ccc(NC(=O)CC(C)C2CCCNC2)cc1)c1ccccc1. The topological polar surface area (TPSA) is 53.2 Å². The van der Waals surface area contributed by atoms with Crippen molar-refractivity contribution in [1.29, 1.82) is 0 Å². The molecule has 3 N–H and O–H groups in total. The molecule has 3 rings (SSSR count). The molecular formula is C23H31N3O. The molecule has 4 nitrogen and oxygen atoms in total. The Morgan fingerprint density at radius 1 is 1.07 bits per heavy atom. The molecule has 1 heterocycles. The van der Waals surface area contributed by atoms with Gasteiger partial charge >= 0.3 is 0 Å². The minimum Gasteiger partial charge on any atom is -0.379 e. The van der Waals surface area contributed by atoms with E-state index in [0.717, 1.165) is 24.5 Å². The summed E-state index contributed by atoms with van der Waals surface area (Å²) in [5.74, 6) is 1.12. The van der Waals surface area contributed by atoms with Gasteiger partial charge in [0.15, 0.2) is 0 Å². The fourth-order valence-electron chi connectivity index (χ4n) is 3.76. The fraction of sp³-hybridized carbons (Fsp3) is 0.435. The molecule has 3 atom stereocenters. The standard InChI is InChI=1S/C23H31N3O/c1-17(20-9-6-14-24-16-20)15-23(27)26-22-12-10-21(11-13-22)25-18(2)19-7-4-3-5-8-19/h3-5,7-8,10-13,17-18,20,24-25H,6,9,14-16H2,1-2H3,(H,26,27). The van der Waals surface area contributed by atoms with Gasteiger partial charge in [-0.15, -0.1) is 0 Å². The number of nitrogens with one attached hydrogen (secondary N) is 3. The number of carbonyl (C=O) groups excluding carboxylic acids is 1. The lowest BCUT2D eigenvalue weighted by molar-refractivity contribution is -0.117. The van der Waals surface area contributed by atoms with Gasteiger partial charge in [0.25, 0.3) is 0 Å². The molecule has 2 aromatic rings. The molecule has 2 aromatic carbocycles. The third kappa shape index (κ3) is 5.83. The van der Waals surface area contributed by atoms with E-state index < -0.39 is 0 Å². The number of hydrogen-bond acceptors (Lipinski definition) is 3. The van der Waals surface area contributed by atoms with E-state index in [1.165, 1.54) is 18.4 Å². The maximum Gasteiger partial charge on any atom is 0.224 e. The molecule has 1 aliphatic heterocycles. The summed E-state index contributed by atoms with van der Waals surface area (Å²) in [5, 5.41) is 9.96. The summed E-state index contributed by atoms with van der Waals surface area (Å²) >= 11 is 0. The predicted molar refractivity (Wildman–Crippen MR) is 113 cm³/mol. The molecule has 0 bridgehead atoms. The Bertz CT molecular complexity index is 708. The first-order valence-corrected chi connectivity index (χ1v) is 10.0. The van der Waals surface area contributed by atoms with Crippen molar-refractivity contribution in [3.05, 3.63) is 60.2 Å². The first-order chi connectivity index (χ1) is 13.1. The van der Waals surface area contributed by atoms with E-state index in [2.05, 4.69) is 54.1 Å². The highest BCUT2D eigenvalue weighted by Crippen LogP contribution is 2.24. The number of rotatable bonds is 7. The van der Waals surface area contributed by atoms with Gasteiger partial charge in [0.05, 0.1) is 0 Å². The van der Waals surface area contributed by atoms with Crippen LogP contribution in [-0.2, 0) is 4.79 Å². The molecule has 0 aliphatic carbocycles. The normalized spacial score (nSPS) is 19.1. The first-order valence-electron chi connectivity index (χ1n) is 10.0. The van der Waals surface area contributed by atoms with Crippen LogP contribution in [0.5, 0.6) is 0 Å². The van der Waals surface area contributed by atoms with Crippen LogP contribution in [-0.4, -0.2) is 19.0 Å². The summed E-state index contributed by atoms with van der Waals surface area (Å²) in [7, 11) is 0. The Balaban J connectivity index is 1.49. The second-order valence-electron chi connectivity index (χ2n) is 7.69. The van der Waals surface area contributed by atoms with Crippen LogP contribution >= 0.6 is 0 Å². The van der Waals surface area contributed by atoms with Crippen LogP contribution in [0.25, 0.3) is 0 Å². The molecule has 144 valence electrons. The van der Waals surface area contributed by atoms with E-state index in [9.17, 15) is 4.79 Å². The summed E-state index contributed by atoms with van der Waals surface area (Å²) in [6.07, 6.45) is 3.02.